The van der Waals surface area contributed by atoms with Crippen molar-refractivity contribution < 1.29 is 9.59 Å². The molecule has 30 heavy (non-hydrogen) atoms. The molecule has 0 spiro atoms. The highest BCUT2D eigenvalue weighted by Crippen LogP contribution is 2.18. The van der Waals surface area contributed by atoms with Crippen LogP contribution in [0.25, 0.3) is 0 Å². The fourth-order valence-corrected chi connectivity index (χ4v) is 4.04. The van der Waals surface area contributed by atoms with Gasteiger partial charge in [-0.3, -0.25) is 10.1 Å². The third-order valence-electron chi connectivity index (χ3n) is 5.24. The molecule has 2 aromatic rings. The minimum atomic E-state index is -0.121. The molecular formula is C22H31N5O2S. The zero-order chi connectivity index (χ0) is 21.3. The average molecular weight is 430 g/mol. The van der Waals surface area contributed by atoms with Gasteiger partial charge >= 0.3 is 6.03 Å². The molecular weight excluding hydrogens is 398 g/mol. The Morgan fingerprint density at radius 2 is 1.90 bits per heavy atom. The predicted octanol–water partition coefficient (Wildman–Crippen LogP) is 3.29. The van der Waals surface area contributed by atoms with Gasteiger partial charge in [-0.05, 0) is 19.0 Å². The largest absolute Gasteiger partial charge is 0.338 e. The topological polar surface area (TPSA) is 68.8 Å². The first kappa shape index (κ1) is 22.2. The van der Waals surface area contributed by atoms with Crippen LogP contribution >= 0.6 is 11.3 Å². The highest BCUT2D eigenvalue weighted by atomic mass is 32.1. The Bertz CT molecular complexity index is 818. The lowest BCUT2D eigenvalue weighted by atomic mass is 10.2. The molecule has 0 unspecified atom stereocenters. The normalized spacial score (nSPS) is 14.5. The number of urea groups is 1. The van der Waals surface area contributed by atoms with E-state index < -0.39 is 0 Å². The highest BCUT2D eigenvalue weighted by Gasteiger charge is 2.21. The summed E-state index contributed by atoms with van der Waals surface area (Å²) in [5.74, 6) is 0.0644. The molecule has 162 valence electrons. The number of likely N-dealkylation sites (N-methyl/N-ethyl adjacent to an activating group) is 1. The Balaban J connectivity index is 1.56. The number of nitrogens with zero attached hydrogens (tertiary/aromatic N) is 4. The van der Waals surface area contributed by atoms with Crippen LogP contribution in [0.4, 0.5) is 9.93 Å². The lowest BCUT2D eigenvalue weighted by molar-refractivity contribution is -0.131. The van der Waals surface area contributed by atoms with Crippen molar-refractivity contribution >= 4 is 28.4 Å². The van der Waals surface area contributed by atoms with Crippen LogP contribution in [0.5, 0.6) is 0 Å². The molecule has 7 nitrogen and oxygen atoms in total. The van der Waals surface area contributed by atoms with E-state index in [9.17, 15) is 9.59 Å². The summed E-state index contributed by atoms with van der Waals surface area (Å²) in [6, 6.07) is 9.93. The summed E-state index contributed by atoms with van der Waals surface area (Å²) < 4.78 is 0. The van der Waals surface area contributed by atoms with Crippen LogP contribution in [-0.4, -0.2) is 71.4 Å². The number of hydrogen-bond donors (Lipinski definition) is 1. The lowest BCUT2D eigenvalue weighted by Crippen LogP contribution is -2.48. The van der Waals surface area contributed by atoms with E-state index in [0.29, 0.717) is 30.5 Å². The molecule has 2 heterocycles. The zero-order valence-electron chi connectivity index (χ0n) is 17.8. The second-order valence-corrected chi connectivity index (χ2v) is 8.55. The summed E-state index contributed by atoms with van der Waals surface area (Å²) in [4.78, 5) is 35.7. The standard InChI is InChI=1S/C22H31N5O2S/c1-3-4-10-27(16-18-8-6-5-7-9-18)20(28)15-19-17-30-21(23-19)24-22(29)26-13-11-25(2)12-14-26/h5-9,17H,3-4,10-16H2,1-2H3,(H,23,24,29). The highest BCUT2D eigenvalue weighted by molar-refractivity contribution is 7.13. The van der Waals surface area contributed by atoms with Gasteiger partial charge in [0.05, 0.1) is 12.1 Å². The van der Waals surface area contributed by atoms with Crippen molar-refractivity contribution in [2.24, 2.45) is 0 Å². The molecule has 3 rings (SSSR count). The first-order chi connectivity index (χ1) is 14.5. The van der Waals surface area contributed by atoms with Crippen molar-refractivity contribution in [3.05, 3.63) is 47.0 Å². The number of thiazole rings is 1. The predicted molar refractivity (Wildman–Crippen MR) is 121 cm³/mol. The number of piperazine rings is 1. The van der Waals surface area contributed by atoms with E-state index in [2.05, 4.69) is 29.2 Å². The third-order valence-corrected chi connectivity index (χ3v) is 6.05. The van der Waals surface area contributed by atoms with Crippen LogP contribution in [0.15, 0.2) is 35.7 Å². The van der Waals surface area contributed by atoms with Gasteiger partial charge in [0.1, 0.15) is 0 Å². The van der Waals surface area contributed by atoms with Crippen molar-refractivity contribution in [3.63, 3.8) is 0 Å². The quantitative estimate of drug-likeness (QED) is 0.699. The van der Waals surface area contributed by atoms with Crippen molar-refractivity contribution in [2.45, 2.75) is 32.7 Å². The molecule has 8 heteroatoms. The molecule has 0 saturated carbocycles. The van der Waals surface area contributed by atoms with Crippen molar-refractivity contribution in [1.82, 2.24) is 19.7 Å². The van der Waals surface area contributed by atoms with Crippen molar-refractivity contribution in [2.75, 3.05) is 45.1 Å². The lowest BCUT2D eigenvalue weighted by Gasteiger charge is -2.32. The van der Waals surface area contributed by atoms with Gasteiger partial charge in [-0.25, -0.2) is 9.78 Å². The fraction of sp³-hybridized carbons (Fsp3) is 0.500. The Morgan fingerprint density at radius 3 is 2.60 bits per heavy atom. The smallest absolute Gasteiger partial charge is 0.323 e. The molecule has 0 bridgehead atoms. The summed E-state index contributed by atoms with van der Waals surface area (Å²) in [5.41, 5.74) is 1.83. The third kappa shape index (κ3) is 6.53. The number of anilines is 1. The van der Waals surface area contributed by atoms with Crippen molar-refractivity contribution in [3.8, 4) is 0 Å². The van der Waals surface area contributed by atoms with Crippen LogP contribution < -0.4 is 5.32 Å². The number of aromatic nitrogens is 1. The van der Waals surface area contributed by atoms with Gasteiger partial charge in [0, 0.05) is 44.6 Å². The van der Waals surface area contributed by atoms with E-state index in [1.165, 1.54) is 11.3 Å². The summed E-state index contributed by atoms with van der Waals surface area (Å²) in [6.45, 7) is 6.65. The monoisotopic (exact) mass is 429 g/mol. The van der Waals surface area contributed by atoms with Gasteiger partial charge in [0.15, 0.2) is 5.13 Å². The molecule has 3 amide bonds. The number of hydrogen-bond acceptors (Lipinski definition) is 5. The maximum absolute atomic E-state index is 12.9. The number of unbranched alkanes of at least 4 members (excludes halogenated alkanes) is 1. The van der Waals surface area contributed by atoms with Crippen LogP contribution in [0.1, 0.15) is 31.0 Å². The number of nitrogens with one attached hydrogen (secondary N) is 1. The molecule has 0 atom stereocenters. The van der Waals surface area contributed by atoms with Gasteiger partial charge < -0.3 is 14.7 Å². The molecule has 1 aromatic carbocycles. The first-order valence-electron chi connectivity index (χ1n) is 10.6. The molecule has 1 fully saturated rings. The maximum atomic E-state index is 12.9. The van der Waals surface area contributed by atoms with Crippen LogP contribution in [0.2, 0.25) is 0 Å². The minimum absolute atomic E-state index is 0.0644. The summed E-state index contributed by atoms with van der Waals surface area (Å²) in [5, 5.41) is 5.28. The molecule has 1 aliphatic heterocycles. The number of benzene rings is 1. The summed E-state index contributed by atoms with van der Waals surface area (Å²) >= 11 is 1.37. The van der Waals surface area contributed by atoms with E-state index in [4.69, 9.17) is 0 Å². The van der Waals surface area contributed by atoms with Gasteiger partial charge in [-0.2, -0.15) is 0 Å². The Morgan fingerprint density at radius 1 is 1.17 bits per heavy atom. The van der Waals surface area contributed by atoms with Crippen molar-refractivity contribution in [1.29, 1.82) is 0 Å². The SMILES string of the molecule is CCCCN(Cc1ccccc1)C(=O)Cc1csc(NC(=O)N2CCN(C)CC2)n1. The molecule has 0 aliphatic carbocycles. The Labute approximate surface area is 182 Å². The summed E-state index contributed by atoms with van der Waals surface area (Å²) in [6.07, 6.45) is 2.26. The van der Waals surface area contributed by atoms with Gasteiger partial charge in [0.2, 0.25) is 5.91 Å². The van der Waals surface area contributed by atoms with E-state index in [-0.39, 0.29) is 18.4 Å². The van der Waals surface area contributed by atoms with E-state index in [1.54, 1.807) is 4.90 Å². The fourth-order valence-electron chi connectivity index (χ4n) is 3.34. The number of carbonyl (C=O) groups is 2. The maximum Gasteiger partial charge on any atom is 0.323 e. The zero-order valence-corrected chi connectivity index (χ0v) is 18.7. The van der Waals surface area contributed by atoms with Gasteiger partial charge in [0.25, 0.3) is 0 Å². The second kappa shape index (κ2) is 11.1. The number of carbonyl (C=O) groups excluding carboxylic acids is 2. The van der Waals surface area contributed by atoms with E-state index in [0.717, 1.165) is 38.0 Å². The van der Waals surface area contributed by atoms with Crippen LogP contribution in [-0.2, 0) is 17.8 Å². The minimum Gasteiger partial charge on any atom is -0.338 e. The Hall–Kier alpha value is -2.45. The average Bonchev–Trinajstić information content (AvgIpc) is 3.18. The van der Waals surface area contributed by atoms with E-state index >= 15 is 0 Å². The van der Waals surface area contributed by atoms with E-state index in [1.807, 2.05) is 40.6 Å². The molecule has 1 aromatic heterocycles. The van der Waals surface area contributed by atoms with Gasteiger partial charge in [-0.1, -0.05) is 43.7 Å². The summed E-state index contributed by atoms with van der Waals surface area (Å²) in [7, 11) is 2.06. The first-order valence-corrected chi connectivity index (χ1v) is 11.4. The van der Waals surface area contributed by atoms with Gasteiger partial charge in [-0.15, -0.1) is 11.3 Å². The molecule has 1 saturated heterocycles. The molecule has 1 N–H and O–H groups in total. The van der Waals surface area contributed by atoms with Crippen LogP contribution in [0, 0.1) is 0 Å². The molecule has 0 radical (unpaired) electrons. The second-order valence-electron chi connectivity index (χ2n) is 7.70. The number of amides is 3. The Kier molecular flexibility index (Phi) is 8.21. The van der Waals surface area contributed by atoms with Crippen LogP contribution in [0.3, 0.4) is 0 Å². The molecule has 1 aliphatic rings. The number of rotatable bonds is 8.